The zero-order valence-electron chi connectivity index (χ0n) is 6.79. The van der Waals surface area contributed by atoms with E-state index in [0.29, 0.717) is 12.2 Å². The van der Waals surface area contributed by atoms with Gasteiger partial charge in [0.05, 0.1) is 5.69 Å². The molecule has 3 nitrogen and oxygen atoms in total. The predicted molar refractivity (Wildman–Crippen MR) is 50.8 cm³/mol. The fraction of sp³-hybridized carbons (Fsp3) is 0.375. The number of aliphatic hydroxyl groups excluding tert-OH is 1. The van der Waals surface area contributed by atoms with Crippen molar-refractivity contribution >= 4 is 15.9 Å². The second-order valence-corrected chi connectivity index (χ2v) is 3.39. The van der Waals surface area contributed by atoms with Gasteiger partial charge in [0.1, 0.15) is 6.10 Å². The molecule has 1 rings (SSSR count). The second kappa shape index (κ2) is 4.54. The quantitative estimate of drug-likeness (QED) is 0.818. The third kappa shape index (κ3) is 2.55. The molecule has 12 heavy (non-hydrogen) atoms. The number of pyridine rings is 1. The lowest BCUT2D eigenvalue weighted by atomic mass is 10.2. The van der Waals surface area contributed by atoms with Crippen molar-refractivity contribution in [2.24, 2.45) is 0 Å². The summed E-state index contributed by atoms with van der Waals surface area (Å²) in [5, 5.41) is 12.3. The summed E-state index contributed by atoms with van der Waals surface area (Å²) in [5.41, 5.74) is 0.688. The number of aliphatic hydroxyl groups is 1. The van der Waals surface area contributed by atoms with Crippen LogP contribution in [0.3, 0.4) is 0 Å². The molecule has 0 unspecified atom stereocenters. The number of nitrogens with one attached hydrogen (secondary N) is 1. The highest BCUT2D eigenvalue weighted by atomic mass is 79.9. The number of aromatic nitrogens is 1. The summed E-state index contributed by atoms with van der Waals surface area (Å²) >= 11 is 3.27. The SMILES string of the molecule is CNC[C@@H](O)c1ccc(Br)cn1. The lowest BCUT2D eigenvalue weighted by Gasteiger charge is -2.08. The molecule has 1 atom stereocenters. The lowest BCUT2D eigenvalue weighted by Crippen LogP contribution is -2.17. The molecule has 1 aromatic heterocycles. The predicted octanol–water partition coefficient (Wildman–Crippen LogP) is 1.10. The van der Waals surface area contributed by atoms with Crippen LogP contribution in [-0.2, 0) is 0 Å². The molecule has 0 aliphatic carbocycles. The van der Waals surface area contributed by atoms with Gasteiger partial charge in [0.2, 0.25) is 0 Å². The van der Waals surface area contributed by atoms with Crippen LogP contribution in [0, 0.1) is 0 Å². The van der Waals surface area contributed by atoms with Crippen molar-refractivity contribution in [1.29, 1.82) is 0 Å². The molecular formula is C8H11BrN2O. The maximum atomic E-state index is 9.47. The van der Waals surface area contributed by atoms with E-state index < -0.39 is 6.10 Å². The minimum absolute atomic E-state index is 0.522. The van der Waals surface area contributed by atoms with Crippen LogP contribution < -0.4 is 5.32 Å². The van der Waals surface area contributed by atoms with Crippen LogP contribution in [0.15, 0.2) is 22.8 Å². The van der Waals surface area contributed by atoms with Gasteiger partial charge < -0.3 is 10.4 Å². The molecule has 1 aromatic rings. The van der Waals surface area contributed by atoms with Gasteiger partial charge in [-0.2, -0.15) is 0 Å². The summed E-state index contributed by atoms with van der Waals surface area (Å²) < 4.78 is 0.919. The molecule has 0 amide bonds. The molecule has 0 aromatic carbocycles. The van der Waals surface area contributed by atoms with E-state index in [9.17, 15) is 5.11 Å². The van der Waals surface area contributed by atoms with Gasteiger partial charge in [-0.05, 0) is 35.1 Å². The molecule has 1 heterocycles. The van der Waals surface area contributed by atoms with E-state index >= 15 is 0 Å². The van der Waals surface area contributed by atoms with Gasteiger partial charge in [0, 0.05) is 17.2 Å². The fourth-order valence-corrected chi connectivity index (χ4v) is 1.12. The Morgan fingerprint density at radius 3 is 2.92 bits per heavy atom. The van der Waals surface area contributed by atoms with E-state index in [4.69, 9.17) is 0 Å². The highest BCUT2D eigenvalue weighted by molar-refractivity contribution is 9.10. The summed E-state index contributed by atoms with van der Waals surface area (Å²) in [6.45, 7) is 0.522. The van der Waals surface area contributed by atoms with E-state index in [1.54, 1.807) is 19.3 Å². The smallest absolute Gasteiger partial charge is 0.108 e. The monoisotopic (exact) mass is 230 g/mol. The Hall–Kier alpha value is -0.450. The highest BCUT2D eigenvalue weighted by Gasteiger charge is 2.06. The van der Waals surface area contributed by atoms with Crippen LogP contribution in [0.25, 0.3) is 0 Å². The molecular weight excluding hydrogens is 220 g/mol. The number of likely N-dealkylation sites (N-methyl/N-ethyl adjacent to an activating group) is 1. The second-order valence-electron chi connectivity index (χ2n) is 2.47. The van der Waals surface area contributed by atoms with Crippen molar-refractivity contribution in [2.75, 3.05) is 13.6 Å². The topological polar surface area (TPSA) is 45.1 Å². The van der Waals surface area contributed by atoms with Crippen LogP contribution in [0.1, 0.15) is 11.8 Å². The number of nitrogens with zero attached hydrogens (tertiary/aromatic N) is 1. The summed E-state index contributed by atoms with van der Waals surface area (Å²) in [5.74, 6) is 0. The first-order valence-electron chi connectivity index (χ1n) is 3.68. The molecule has 0 aliphatic rings. The van der Waals surface area contributed by atoms with Gasteiger partial charge in [0.15, 0.2) is 0 Å². The summed E-state index contributed by atoms with van der Waals surface area (Å²) in [7, 11) is 1.79. The van der Waals surface area contributed by atoms with Gasteiger partial charge in [-0.3, -0.25) is 4.98 Å². The maximum absolute atomic E-state index is 9.47. The number of rotatable bonds is 3. The van der Waals surface area contributed by atoms with Crippen LogP contribution in [-0.4, -0.2) is 23.7 Å². The average Bonchev–Trinajstić information content (AvgIpc) is 2.06. The van der Waals surface area contributed by atoms with Gasteiger partial charge in [-0.1, -0.05) is 0 Å². The van der Waals surface area contributed by atoms with E-state index in [2.05, 4.69) is 26.2 Å². The number of hydrogen-bond acceptors (Lipinski definition) is 3. The molecule has 0 saturated heterocycles. The Bertz CT molecular complexity index is 237. The van der Waals surface area contributed by atoms with E-state index in [1.807, 2.05) is 6.07 Å². The lowest BCUT2D eigenvalue weighted by molar-refractivity contribution is 0.173. The molecule has 4 heteroatoms. The Morgan fingerprint density at radius 1 is 1.67 bits per heavy atom. The minimum atomic E-state index is -0.525. The van der Waals surface area contributed by atoms with Gasteiger partial charge in [-0.15, -0.1) is 0 Å². The maximum Gasteiger partial charge on any atom is 0.108 e. The largest absolute Gasteiger partial charge is 0.385 e. The summed E-state index contributed by atoms with van der Waals surface area (Å²) in [6.07, 6.45) is 1.15. The Balaban J connectivity index is 2.68. The molecule has 66 valence electrons. The van der Waals surface area contributed by atoms with Crippen LogP contribution >= 0.6 is 15.9 Å². The van der Waals surface area contributed by atoms with Crippen LogP contribution in [0.4, 0.5) is 0 Å². The normalized spacial score (nSPS) is 12.9. The molecule has 0 bridgehead atoms. The zero-order chi connectivity index (χ0) is 8.97. The van der Waals surface area contributed by atoms with Crippen LogP contribution in [0.2, 0.25) is 0 Å². The third-order valence-corrected chi connectivity index (χ3v) is 1.96. The first kappa shape index (κ1) is 9.64. The van der Waals surface area contributed by atoms with Crippen molar-refractivity contribution < 1.29 is 5.11 Å². The van der Waals surface area contributed by atoms with E-state index in [-0.39, 0.29) is 0 Å². The zero-order valence-corrected chi connectivity index (χ0v) is 8.37. The molecule has 0 aliphatic heterocycles. The van der Waals surface area contributed by atoms with Crippen molar-refractivity contribution in [3.05, 3.63) is 28.5 Å². The van der Waals surface area contributed by atoms with E-state index in [1.165, 1.54) is 0 Å². The summed E-state index contributed by atoms with van der Waals surface area (Å²) in [4.78, 5) is 4.06. The van der Waals surface area contributed by atoms with E-state index in [0.717, 1.165) is 4.47 Å². The van der Waals surface area contributed by atoms with Gasteiger partial charge in [-0.25, -0.2) is 0 Å². The first-order valence-corrected chi connectivity index (χ1v) is 4.47. The fourth-order valence-electron chi connectivity index (χ4n) is 0.882. The molecule has 2 N–H and O–H groups in total. The standard InChI is InChI=1S/C8H11BrN2O/c1-10-5-8(12)7-3-2-6(9)4-11-7/h2-4,8,10,12H,5H2,1H3/t8-/m1/s1. The highest BCUT2D eigenvalue weighted by Crippen LogP contribution is 2.12. The Labute approximate surface area is 80.0 Å². The average molecular weight is 231 g/mol. The molecule has 0 saturated carbocycles. The van der Waals surface area contributed by atoms with Gasteiger partial charge in [0.25, 0.3) is 0 Å². The molecule has 0 radical (unpaired) electrons. The van der Waals surface area contributed by atoms with Gasteiger partial charge >= 0.3 is 0 Å². The van der Waals surface area contributed by atoms with Crippen molar-refractivity contribution in [1.82, 2.24) is 10.3 Å². The first-order chi connectivity index (χ1) is 5.74. The molecule has 0 fully saturated rings. The summed E-state index contributed by atoms with van der Waals surface area (Å²) in [6, 6.07) is 3.66. The number of halogens is 1. The Morgan fingerprint density at radius 2 is 2.42 bits per heavy atom. The molecule has 0 spiro atoms. The van der Waals surface area contributed by atoms with Crippen LogP contribution in [0.5, 0.6) is 0 Å². The van der Waals surface area contributed by atoms with Crippen molar-refractivity contribution in [2.45, 2.75) is 6.10 Å². The van der Waals surface area contributed by atoms with Crippen molar-refractivity contribution in [3.63, 3.8) is 0 Å². The Kier molecular flexibility index (Phi) is 3.65. The minimum Gasteiger partial charge on any atom is -0.385 e. The third-order valence-electron chi connectivity index (χ3n) is 1.49. The van der Waals surface area contributed by atoms with Crippen molar-refractivity contribution in [3.8, 4) is 0 Å². The number of hydrogen-bond donors (Lipinski definition) is 2.